The summed E-state index contributed by atoms with van der Waals surface area (Å²) in [5.41, 5.74) is 0.671. The second-order valence-electron chi connectivity index (χ2n) is 5.53. The molecule has 1 aromatic heterocycles. The fourth-order valence-electron chi connectivity index (χ4n) is 2.75. The minimum Gasteiger partial charge on any atom is -0.373 e. The van der Waals surface area contributed by atoms with Crippen LogP contribution < -0.4 is 10.6 Å². The van der Waals surface area contributed by atoms with E-state index in [0.717, 1.165) is 12.2 Å². The number of anilines is 1. The molecule has 3 atom stereocenters. The summed E-state index contributed by atoms with van der Waals surface area (Å²) in [5, 5.41) is 6.12. The van der Waals surface area contributed by atoms with Gasteiger partial charge in [0.05, 0.1) is 0 Å². The molecule has 0 spiro atoms. The van der Waals surface area contributed by atoms with Crippen molar-refractivity contribution in [1.82, 2.24) is 10.3 Å². The Morgan fingerprint density at radius 1 is 1.37 bits per heavy atom. The standard InChI is InChI=1S/C15H23N3O/c1-10-5-4-6-13(11(10)2)18-15(19)12-7-8-17-14(9-12)16-3/h7-11,13H,4-6H2,1-3H3,(H,16,17)(H,18,19). The topological polar surface area (TPSA) is 54.0 Å². The van der Waals surface area contributed by atoms with Crippen LogP contribution in [0.3, 0.4) is 0 Å². The Morgan fingerprint density at radius 3 is 2.89 bits per heavy atom. The molecule has 0 aromatic carbocycles. The first-order valence-electron chi connectivity index (χ1n) is 7.06. The molecule has 0 bridgehead atoms. The van der Waals surface area contributed by atoms with Crippen LogP contribution in [0.15, 0.2) is 18.3 Å². The average molecular weight is 261 g/mol. The molecule has 1 saturated carbocycles. The lowest BCUT2D eigenvalue weighted by Crippen LogP contribution is -2.43. The van der Waals surface area contributed by atoms with E-state index in [1.54, 1.807) is 25.4 Å². The molecule has 4 nitrogen and oxygen atoms in total. The van der Waals surface area contributed by atoms with E-state index in [-0.39, 0.29) is 5.91 Å². The van der Waals surface area contributed by atoms with E-state index in [4.69, 9.17) is 0 Å². The third-order valence-electron chi connectivity index (χ3n) is 4.30. The summed E-state index contributed by atoms with van der Waals surface area (Å²) < 4.78 is 0. The molecule has 1 aliphatic carbocycles. The Labute approximate surface area is 115 Å². The van der Waals surface area contributed by atoms with Crippen molar-refractivity contribution in [2.75, 3.05) is 12.4 Å². The van der Waals surface area contributed by atoms with Crippen molar-refractivity contribution < 1.29 is 4.79 Å². The van der Waals surface area contributed by atoms with E-state index in [0.29, 0.717) is 23.4 Å². The Bertz CT molecular complexity index is 447. The van der Waals surface area contributed by atoms with Gasteiger partial charge in [-0.3, -0.25) is 4.79 Å². The fraction of sp³-hybridized carbons (Fsp3) is 0.600. The van der Waals surface area contributed by atoms with Gasteiger partial charge in [-0.2, -0.15) is 0 Å². The van der Waals surface area contributed by atoms with Gasteiger partial charge in [0.15, 0.2) is 0 Å². The number of nitrogens with zero attached hydrogens (tertiary/aromatic N) is 1. The zero-order valence-corrected chi connectivity index (χ0v) is 11.9. The Balaban J connectivity index is 2.03. The van der Waals surface area contributed by atoms with Gasteiger partial charge in [0.25, 0.3) is 5.91 Å². The van der Waals surface area contributed by atoms with Crippen molar-refractivity contribution in [1.29, 1.82) is 0 Å². The molecule has 1 heterocycles. The summed E-state index contributed by atoms with van der Waals surface area (Å²) in [7, 11) is 1.80. The molecule has 4 heteroatoms. The van der Waals surface area contributed by atoms with Crippen LogP contribution in [0, 0.1) is 11.8 Å². The zero-order valence-electron chi connectivity index (χ0n) is 11.9. The van der Waals surface area contributed by atoms with Crippen LogP contribution in [-0.4, -0.2) is 24.0 Å². The third-order valence-corrected chi connectivity index (χ3v) is 4.30. The van der Waals surface area contributed by atoms with E-state index in [9.17, 15) is 4.79 Å². The van der Waals surface area contributed by atoms with Gasteiger partial charge in [-0.25, -0.2) is 4.98 Å². The van der Waals surface area contributed by atoms with Crippen LogP contribution in [0.4, 0.5) is 5.82 Å². The van der Waals surface area contributed by atoms with Gasteiger partial charge in [-0.1, -0.05) is 26.7 Å². The number of hydrogen-bond donors (Lipinski definition) is 2. The highest BCUT2D eigenvalue weighted by Crippen LogP contribution is 2.29. The maximum atomic E-state index is 12.3. The van der Waals surface area contributed by atoms with Gasteiger partial charge in [0, 0.05) is 24.8 Å². The van der Waals surface area contributed by atoms with Crippen LogP contribution in [0.5, 0.6) is 0 Å². The van der Waals surface area contributed by atoms with Gasteiger partial charge in [0.2, 0.25) is 0 Å². The Morgan fingerprint density at radius 2 is 2.16 bits per heavy atom. The van der Waals surface area contributed by atoms with E-state index < -0.39 is 0 Å². The van der Waals surface area contributed by atoms with Crippen LogP contribution >= 0.6 is 0 Å². The second-order valence-corrected chi connectivity index (χ2v) is 5.53. The number of aromatic nitrogens is 1. The minimum absolute atomic E-state index is 0.00449. The first-order chi connectivity index (χ1) is 9.11. The Hall–Kier alpha value is -1.58. The molecule has 1 fully saturated rings. The molecule has 2 N–H and O–H groups in total. The predicted octanol–water partition coefficient (Wildman–Crippen LogP) is 2.68. The largest absolute Gasteiger partial charge is 0.373 e. The summed E-state index contributed by atoms with van der Waals surface area (Å²) in [4.78, 5) is 16.4. The summed E-state index contributed by atoms with van der Waals surface area (Å²) >= 11 is 0. The highest BCUT2D eigenvalue weighted by atomic mass is 16.1. The molecular formula is C15H23N3O. The van der Waals surface area contributed by atoms with Gasteiger partial charge in [-0.05, 0) is 30.4 Å². The van der Waals surface area contributed by atoms with Crippen LogP contribution in [0.1, 0.15) is 43.5 Å². The minimum atomic E-state index is 0.00449. The molecule has 0 radical (unpaired) electrons. The first-order valence-corrected chi connectivity index (χ1v) is 7.06. The first kappa shape index (κ1) is 13.8. The number of pyridine rings is 1. The van der Waals surface area contributed by atoms with Crippen molar-refractivity contribution in [2.45, 2.75) is 39.2 Å². The van der Waals surface area contributed by atoms with Crippen molar-refractivity contribution >= 4 is 11.7 Å². The van der Waals surface area contributed by atoms with Gasteiger partial charge in [-0.15, -0.1) is 0 Å². The molecule has 0 aliphatic heterocycles. The SMILES string of the molecule is CNc1cc(C(=O)NC2CCCC(C)C2C)ccn1. The number of rotatable bonds is 3. The average Bonchev–Trinajstić information content (AvgIpc) is 2.44. The smallest absolute Gasteiger partial charge is 0.251 e. The molecule has 2 rings (SSSR count). The molecular weight excluding hydrogens is 238 g/mol. The van der Waals surface area contributed by atoms with Crippen molar-refractivity contribution in [2.24, 2.45) is 11.8 Å². The van der Waals surface area contributed by atoms with Crippen LogP contribution in [0.25, 0.3) is 0 Å². The predicted molar refractivity (Wildman–Crippen MR) is 77.2 cm³/mol. The molecule has 1 aliphatic rings. The molecule has 3 unspecified atom stereocenters. The van der Waals surface area contributed by atoms with E-state index >= 15 is 0 Å². The zero-order chi connectivity index (χ0) is 13.8. The molecule has 0 saturated heterocycles. The van der Waals surface area contributed by atoms with Crippen molar-refractivity contribution in [3.05, 3.63) is 23.9 Å². The fourth-order valence-corrected chi connectivity index (χ4v) is 2.75. The second kappa shape index (κ2) is 6.04. The Kier molecular flexibility index (Phi) is 4.40. The number of hydrogen-bond acceptors (Lipinski definition) is 3. The lowest BCUT2D eigenvalue weighted by molar-refractivity contribution is 0.0891. The quantitative estimate of drug-likeness (QED) is 0.879. The molecule has 1 amide bonds. The van der Waals surface area contributed by atoms with Gasteiger partial charge < -0.3 is 10.6 Å². The van der Waals surface area contributed by atoms with Crippen LogP contribution in [0.2, 0.25) is 0 Å². The highest BCUT2D eigenvalue weighted by Gasteiger charge is 2.28. The molecule has 19 heavy (non-hydrogen) atoms. The number of nitrogens with one attached hydrogen (secondary N) is 2. The van der Waals surface area contributed by atoms with Gasteiger partial charge >= 0.3 is 0 Å². The summed E-state index contributed by atoms with van der Waals surface area (Å²) in [6, 6.07) is 3.83. The monoisotopic (exact) mass is 261 g/mol. The maximum absolute atomic E-state index is 12.3. The van der Waals surface area contributed by atoms with E-state index in [2.05, 4.69) is 29.5 Å². The number of carbonyl (C=O) groups excluding carboxylic acids is 1. The summed E-state index contributed by atoms with van der Waals surface area (Å²) in [6.45, 7) is 4.51. The molecule has 1 aromatic rings. The number of carbonyl (C=O) groups is 1. The van der Waals surface area contributed by atoms with E-state index in [1.165, 1.54) is 12.8 Å². The highest BCUT2D eigenvalue weighted by molar-refractivity contribution is 5.95. The lowest BCUT2D eigenvalue weighted by atomic mass is 9.78. The molecule has 104 valence electrons. The van der Waals surface area contributed by atoms with Crippen molar-refractivity contribution in [3.63, 3.8) is 0 Å². The van der Waals surface area contributed by atoms with Crippen molar-refractivity contribution in [3.8, 4) is 0 Å². The summed E-state index contributed by atoms with van der Waals surface area (Å²) in [5.74, 6) is 1.95. The lowest BCUT2D eigenvalue weighted by Gasteiger charge is -2.34. The normalized spacial score (nSPS) is 26.8. The van der Waals surface area contributed by atoms with Gasteiger partial charge in [0.1, 0.15) is 5.82 Å². The third kappa shape index (κ3) is 3.25. The number of amides is 1. The summed E-state index contributed by atoms with van der Waals surface area (Å²) in [6.07, 6.45) is 5.22. The van der Waals surface area contributed by atoms with Crippen LogP contribution in [-0.2, 0) is 0 Å². The maximum Gasteiger partial charge on any atom is 0.251 e. The van der Waals surface area contributed by atoms with E-state index in [1.807, 2.05) is 0 Å².